The van der Waals surface area contributed by atoms with Crippen molar-refractivity contribution in [2.24, 2.45) is 0 Å². The Bertz CT molecular complexity index is 1040. The van der Waals surface area contributed by atoms with Crippen LogP contribution >= 0.6 is 0 Å². The van der Waals surface area contributed by atoms with E-state index in [1.165, 1.54) is 11.3 Å². The number of aromatic amines is 1. The highest BCUT2D eigenvalue weighted by molar-refractivity contribution is 5.82. The molecule has 130 valence electrons. The van der Waals surface area contributed by atoms with E-state index in [2.05, 4.69) is 47.9 Å². The number of hydrogen-bond donors (Lipinski definition) is 2. The smallest absolute Gasteiger partial charge is 0.184 e. The SMILES string of the molecule is c1ccc(Cn2nnc3c(NC4CCc5cn[nH]c5C4)ncnc32)cc1. The minimum absolute atomic E-state index is 0.292. The predicted octanol–water partition coefficient (Wildman–Crippen LogP) is 1.96. The second-order valence-electron chi connectivity index (χ2n) is 6.59. The minimum Gasteiger partial charge on any atom is -0.365 e. The summed E-state index contributed by atoms with van der Waals surface area (Å²) in [5, 5.41) is 19.3. The lowest BCUT2D eigenvalue weighted by molar-refractivity contribution is 0.601. The van der Waals surface area contributed by atoms with Gasteiger partial charge in [0.1, 0.15) is 6.33 Å². The van der Waals surface area contributed by atoms with Crippen LogP contribution < -0.4 is 5.32 Å². The van der Waals surface area contributed by atoms with Crippen LogP contribution in [0.5, 0.6) is 0 Å². The van der Waals surface area contributed by atoms with E-state index in [0.29, 0.717) is 18.1 Å². The first kappa shape index (κ1) is 15.0. The fourth-order valence-corrected chi connectivity index (χ4v) is 3.48. The number of rotatable bonds is 4. The van der Waals surface area contributed by atoms with Gasteiger partial charge in [-0.1, -0.05) is 35.5 Å². The van der Waals surface area contributed by atoms with Crippen LogP contribution in [0.4, 0.5) is 5.82 Å². The zero-order valence-electron chi connectivity index (χ0n) is 14.1. The van der Waals surface area contributed by atoms with Gasteiger partial charge >= 0.3 is 0 Å². The van der Waals surface area contributed by atoms with Crippen molar-refractivity contribution in [2.45, 2.75) is 31.8 Å². The van der Waals surface area contributed by atoms with Gasteiger partial charge in [-0.15, -0.1) is 5.10 Å². The average molecular weight is 346 g/mol. The van der Waals surface area contributed by atoms with Gasteiger partial charge in [-0.3, -0.25) is 5.10 Å². The molecule has 1 aliphatic rings. The highest BCUT2D eigenvalue weighted by Gasteiger charge is 2.22. The Balaban J connectivity index is 1.41. The molecule has 1 aliphatic carbocycles. The molecule has 1 unspecified atom stereocenters. The second kappa shape index (κ2) is 6.21. The van der Waals surface area contributed by atoms with Crippen molar-refractivity contribution in [3.63, 3.8) is 0 Å². The first-order valence-corrected chi connectivity index (χ1v) is 8.72. The maximum absolute atomic E-state index is 4.40. The summed E-state index contributed by atoms with van der Waals surface area (Å²) in [6.45, 7) is 0.634. The molecule has 8 nitrogen and oxygen atoms in total. The van der Waals surface area contributed by atoms with Crippen LogP contribution in [0.2, 0.25) is 0 Å². The second-order valence-corrected chi connectivity index (χ2v) is 6.59. The molecule has 3 aromatic heterocycles. The molecule has 26 heavy (non-hydrogen) atoms. The lowest BCUT2D eigenvalue weighted by atomic mass is 9.94. The van der Waals surface area contributed by atoms with Crippen LogP contribution in [0.3, 0.4) is 0 Å². The molecular weight excluding hydrogens is 328 g/mol. The monoisotopic (exact) mass is 346 g/mol. The number of benzene rings is 1. The zero-order chi connectivity index (χ0) is 17.3. The van der Waals surface area contributed by atoms with E-state index in [4.69, 9.17) is 0 Å². The average Bonchev–Trinajstić information content (AvgIpc) is 3.30. The summed E-state index contributed by atoms with van der Waals surface area (Å²) in [6.07, 6.45) is 6.44. The van der Waals surface area contributed by atoms with Crippen LogP contribution in [0.25, 0.3) is 11.2 Å². The summed E-state index contributed by atoms with van der Waals surface area (Å²) in [7, 11) is 0. The summed E-state index contributed by atoms with van der Waals surface area (Å²) >= 11 is 0. The summed E-state index contributed by atoms with van der Waals surface area (Å²) < 4.78 is 1.81. The Morgan fingerprint density at radius 1 is 1.19 bits per heavy atom. The molecule has 0 spiro atoms. The van der Waals surface area contributed by atoms with Crippen molar-refractivity contribution in [3.05, 3.63) is 59.7 Å². The van der Waals surface area contributed by atoms with Crippen molar-refractivity contribution in [1.29, 1.82) is 0 Å². The highest BCUT2D eigenvalue weighted by atomic mass is 15.4. The lowest BCUT2D eigenvalue weighted by Gasteiger charge is -2.23. The number of aryl methyl sites for hydroxylation is 1. The molecule has 1 aromatic carbocycles. The number of fused-ring (bicyclic) bond motifs is 2. The first-order valence-electron chi connectivity index (χ1n) is 8.72. The Morgan fingerprint density at radius 2 is 2.12 bits per heavy atom. The van der Waals surface area contributed by atoms with E-state index in [-0.39, 0.29) is 0 Å². The molecule has 0 amide bonds. The molecule has 4 aromatic rings. The van der Waals surface area contributed by atoms with Crippen LogP contribution in [0.15, 0.2) is 42.9 Å². The number of hydrogen-bond acceptors (Lipinski definition) is 6. The van der Waals surface area contributed by atoms with E-state index in [0.717, 1.165) is 36.3 Å². The maximum Gasteiger partial charge on any atom is 0.184 e. The molecule has 1 atom stereocenters. The summed E-state index contributed by atoms with van der Waals surface area (Å²) in [5.41, 5.74) is 5.12. The van der Waals surface area contributed by atoms with Crippen LogP contribution in [-0.2, 0) is 19.4 Å². The van der Waals surface area contributed by atoms with Crippen LogP contribution in [0.1, 0.15) is 23.2 Å². The Morgan fingerprint density at radius 3 is 3.04 bits per heavy atom. The molecule has 2 N–H and O–H groups in total. The molecular formula is C18H18N8. The van der Waals surface area contributed by atoms with Crippen LogP contribution in [0, 0.1) is 0 Å². The summed E-state index contributed by atoms with van der Waals surface area (Å²) in [4.78, 5) is 8.79. The number of nitrogens with one attached hydrogen (secondary N) is 2. The number of anilines is 1. The van der Waals surface area contributed by atoms with Gasteiger partial charge in [0.15, 0.2) is 17.0 Å². The molecule has 0 bridgehead atoms. The van der Waals surface area contributed by atoms with Gasteiger partial charge in [-0.05, 0) is 24.0 Å². The van der Waals surface area contributed by atoms with Gasteiger partial charge in [-0.25, -0.2) is 14.6 Å². The predicted molar refractivity (Wildman–Crippen MR) is 96.7 cm³/mol. The fourth-order valence-electron chi connectivity index (χ4n) is 3.48. The Kier molecular flexibility index (Phi) is 3.59. The van der Waals surface area contributed by atoms with E-state index in [1.807, 2.05) is 29.1 Å². The van der Waals surface area contributed by atoms with Crippen molar-refractivity contribution in [1.82, 2.24) is 35.2 Å². The largest absolute Gasteiger partial charge is 0.365 e. The van der Waals surface area contributed by atoms with Crippen molar-refractivity contribution >= 4 is 17.0 Å². The molecule has 0 fully saturated rings. The fraction of sp³-hybridized carbons (Fsp3) is 0.278. The van der Waals surface area contributed by atoms with Gasteiger partial charge < -0.3 is 5.32 Å². The molecule has 0 radical (unpaired) electrons. The quantitative estimate of drug-likeness (QED) is 0.586. The van der Waals surface area contributed by atoms with E-state index < -0.39 is 0 Å². The van der Waals surface area contributed by atoms with Gasteiger partial charge in [0.05, 0.1) is 12.7 Å². The topological polar surface area (TPSA) is 97.2 Å². The number of nitrogens with zero attached hydrogens (tertiary/aromatic N) is 6. The maximum atomic E-state index is 4.40. The normalized spacial score (nSPS) is 16.5. The Hall–Kier alpha value is -3.29. The molecule has 3 heterocycles. The third-order valence-electron chi connectivity index (χ3n) is 4.84. The van der Waals surface area contributed by atoms with E-state index in [1.54, 1.807) is 6.33 Å². The highest BCUT2D eigenvalue weighted by Crippen LogP contribution is 2.24. The van der Waals surface area contributed by atoms with Gasteiger partial charge in [0.25, 0.3) is 0 Å². The summed E-state index contributed by atoms with van der Waals surface area (Å²) in [5.74, 6) is 0.738. The van der Waals surface area contributed by atoms with Crippen LogP contribution in [-0.4, -0.2) is 41.2 Å². The van der Waals surface area contributed by atoms with E-state index >= 15 is 0 Å². The van der Waals surface area contributed by atoms with Crippen molar-refractivity contribution in [2.75, 3.05) is 5.32 Å². The molecule has 8 heteroatoms. The van der Waals surface area contributed by atoms with Gasteiger partial charge in [0.2, 0.25) is 0 Å². The van der Waals surface area contributed by atoms with E-state index in [9.17, 15) is 0 Å². The molecule has 5 rings (SSSR count). The lowest BCUT2D eigenvalue weighted by Crippen LogP contribution is -2.27. The number of H-pyrrole nitrogens is 1. The van der Waals surface area contributed by atoms with Crippen molar-refractivity contribution in [3.8, 4) is 0 Å². The third kappa shape index (κ3) is 2.69. The summed E-state index contributed by atoms with van der Waals surface area (Å²) in [6, 6.07) is 10.5. The third-order valence-corrected chi connectivity index (χ3v) is 4.84. The molecule has 0 aliphatic heterocycles. The Labute approximate surface area is 149 Å². The van der Waals surface area contributed by atoms with Gasteiger partial charge in [0, 0.05) is 18.2 Å². The molecule has 0 saturated heterocycles. The molecule has 0 saturated carbocycles. The minimum atomic E-state index is 0.292. The first-order chi connectivity index (χ1) is 12.9. The van der Waals surface area contributed by atoms with Gasteiger partial charge in [-0.2, -0.15) is 5.10 Å². The zero-order valence-corrected chi connectivity index (χ0v) is 14.1. The number of aromatic nitrogens is 7. The standard InChI is InChI=1S/C18H18N8/c1-2-4-12(5-3-1)10-26-18-16(24-25-26)17(19-11-20-18)22-14-7-6-13-9-21-23-15(13)8-14/h1-5,9,11,14H,6-8,10H2,(H,21,23)(H,19,20,22). The van der Waals surface area contributed by atoms with Crippen molar-refractivity contribution < 1.29 is 0 Å².